The number of hydrogen-bond donors (Lipinski definition) is 1. The summed E-state index contributed by atoms with van der Waals surface area (Å²) in [6.45, 7) is 0.554. The molecule has 1 aromatic heterocycles. The number of fused-ring (bicyclic) bond motifs is 1. The van der Waals surface area contributed by atoms with Gasteiger partial charge in [0.15, 0.2) is 5.58 Å². The topological polar surface area (TPSA) is 72.4 Å². The van der Waals surface area contributed by atoms with Crippen LogP contribution < -0.4 is 5.73 Å². The van der Waals surface area contributed by atoms with Gasteiger partial charge in [-0.15, -0.1) is 0 Å². The van der Waals surface area contributed by atoms with E-state index in [1.54, 1.807) is 4.90 Å². The summed E-state index contributed by atoms with van der Waals surface area (Å²) in [4.78, 5) is 17.2. The predicted molar refractivity (Wildman–Crippen MR) is 62.0 cm³/mol. The van der Waals surface area contributed by atoms with Gasteiger partial charge in [-0.3, -0.25) is 0 Å². The number of hydrogen-bond acceptors (Lipinski definition) is 3. The molecule has 1 aromatic carbocycles. The number of nitrogens with two attached hydrogens (primary N) is 1. The fourth-order valence-electron chi connectivity index (χ4n) is 2.14. The lowest BCUT2D eigenvalue weighted by Gasteiger charge is -2.19. The second kappa shape index (κ2) is 3.76. The first-order valence-electron chi connectivity index (χ1n) is 5.49. The van der Waals surface area contributed by atoms with E-state index in [1.807, 2.05) is 30.7 Å². The van der Waals surface area contributed by atoms with Crippen molar-refractivity contribution in [3.63, 3.8) is 0 Å². The average molecular weight is 230 g/mol. The lowest BCUT2D eigenvalue weighted by atomic mass is 10.2. The highest BCUT2D eigenvalue weighted by Gasteiger charge is 2.32. The molecule has 2 aromatic rings. The molecule has 1 saturated heterocycles. The minimum Gasteiger partial charge on any atom is -0.438 e. The Morgan fingerprint density at radius 1 is 1.47 bits per heavy atom. The predicted octanol–water partition coefficient (Wildman–Crippen LogP) is 1.86. The average Bonchev–Trinajstić information content (AvgIpc) is 2.95. The van der Waals surface area contributed by atoms with Gasteiger partial charge in [0, 0.05) is 6.54 Å². The van der Waals surface area contributed by atoms with Crippen LogP contribution in [0, 0.1) is 6.42 Å². The van der Waals surface area contributed by atoms with Crippen LogP contribution in [0.1, 0.15) is 18.4 Å². The Bertz CT molecular complexity index is 531. The number of benzene rings is 1. The quantitative estimate of drug-likeness (QED) is 0.812. The maximum atomic E-state index is 11.3. The van der Waals surface area contributed by atoms with Gasteiger partial charge in [-0.05, 0) is 25.0 Å². The van der Waals surface area contributed by atoms with Crippen molar-refractivity contribution in [3.8, 4) is 0 Å². The molecule has 0 bridgehead atoms. The van der Waals surface area contributed by atoms with Crippen LogP contribution in [0.25, 0.3) is 11.1 Å². The highest BCUT2D eigenvalue weighted by molar-refractivity contribution is 5.74. The Labute approximate surface area is 98.2 Å². The molecule has 5 heteroatoms. The minimum atomic E-state index is -0.439. The zero-order valence-electron chi connectivity index (χ0n) is 9.17. The van der Waals surface area contributed by atoms with E-state index in [4.69, 9.17) is 10.2 Å². The van der Waals surface area contributed by atoms with Crippen molar-refractivity contribution in [2.75, 3.05) is 6.54 Å². The molecule has 1 fully saturated rings. The Balaban J connectivity index is 2.00. The third-order valence-electron chi connectivity index (χ3n) is 2.97. The smallest absolute Gasteiger partial charge is 0.315 e. The van der Waals surface area contributed by atoms with Crippen LogP contribution in [0.2, 0.25) is 0 Å². The third-order valence-corrected chi connectivity index (χ3v) is 2.97. The first kappa shape index (κ1) is 10.1. The lowest BCUT2D eigenvalue weighted by Crippen LogP contribution is -2.35. The number of carbonyl (C=O) groups is 1. The molecule has 17 heavy (non-hydrogen) atoms. The minimum absolute atomic E-state index is 0.167. The molecule has 2 heterocycles. The van der Waals surface area contributed by atoms with Gasteiger partial charge >= 0.3 is 6.03 Å². The zero-order valence-corrected chi connectivity index (χ0v) is 9.17. The first-order chi connectivity index (χ1) is 8.25. The molecule has 0 aliphatic carbocycles. The first-order valence-corrected chi connectivity index (χ1v) is 5.49. The largest absolute Gasteiger partial charge is 0.438 e. The number of para-hydroxylation sites is 2. The molecule has 87 valence electrons. The normalized spacial score (nSPS) is 20.0. The van der Waals surface area contributed by atoms with E-state index in [-0.39, 0.29) is 6.04 Å². The van der Waals surface area contributed by atoms with Gasteiger partial charge in [-0.25, -0.2) is 9.78 Å². The maximum Gasteiger partial charge on any atom is 0.315 e. The number of primary amides is 1. The van der Waals surface area contributed by atoms with Crippen LogP contribution in [0.15, 0.2) is 28.7 Å². The van der Waals surface area contributed by atoms with Crippen molar-refractivity contribution in [2.45, 2.75) is 12.5 Å². The van der Waals surface area contributed by atoms with Gasteiger partial charge in [0.2, 0.25) is 5.89 Å². The fraction of sp³-hybridized carbons (Fsp3) is 0.250. The fourth-order valence-corrected chi connectivity index (χ4v) is 2.14. The van der Waals surface area contributed by atoms with Gasteiger partial charge in [0.25, 0.3) is 0 Å². The summed E-state index contributed by atoms with van der Waals surface area (Å²) in [6, 6.07) is 6.94. The van der Waals surface area contributed by atoms with Crippen molar-refractivity contribution in [3.05, 3.63) is 36.6 Å². The molecule has 3 rings (SSSR count). The van der Waals surface area contributed by atoms with E-state index in [9.17, 15) is 4.79 Å². The van der Waals surface area contributed by atoms with Crippen molar-refractivity contribution >= 4 is 17.1 Å². The Morgan fingerprint density at radius 2 is 2.29 bits per heavy atom. The van der Waals surface area contributed by atoms with Crippen LogP contribution in [-0.2, 0) is 0 Å². The molecule has 0 saturated carbocycles. The van der Waals surface area contributed by atoms with E-state index in [2.05, 4.69) is 4.98 Å². The Hall–Kier alpha value is -2.04. The number of amides is 2. The number of rotatable bonds is 1. The van der Waals surface area contributed by atoms with E-state index in [0.29, 0.717) is 12.4 Å². The lowest BCUT2D eigenvalue weighted by molar-refractivity contribution is 0.195. The van der Waals surface area contributed by atoms with Crippen molar-refractivity contribution in [2.24, 2.45) is 5.73 Å². The summed E-state index contributed by atoms with van der Waals surface area (Å²) in [7, 11) is 0. The number of aromatic nitrogens is 1. The highest BCUT2D eigenvalue weighted by atomic mass is 16.3. The summed E-state index contributed by atoms with van der Waals surface area (Å²) in [5, 5.41) is 0. The Kier molecular flexibility index (Phi) is 2.24. The summed E-state index contributed by atoms with van der Waals surface area (Å²) in [6.07, 6.45) is 2.74. The molecule has 2 N–H and O–H groups in total. The molecule has 1 aliphatic heterocycles. The van der Waals surface area contributed by atoms with E-state index in [1.165, 1.54) is 0 Å². The molecular weight excluding hydrogens is 218 g/mol. The maximum absolute atomic E-state index is 11.3. The molecule has 1 aliphatic rings. The number of likely N-dealkylation sites (tertiary alicyclic amines) is 1. The van der Waals surface area contributed by atoms with E-state index < -0.39 is 6.03 Å². The molecule has 2 amide bonds. The molecule has 1 radical (unpaired) electrons. The van der Waals surface area contributed by atoms with E-state index in [0.717, 1.165) is 17.5 Å². The van der Waals surface area contributed by atoms with Gasteiger partial charge < -0.3 is 15.1 Å². The summed E-state index contributed by atoms with van der Waals surface area (Å²) < 4.78 is 5.65. The van der Waals surface area contributed by atoms with Crippen molar-refractivity contribution < 1.29 is 9.21 Å². The number of urea groups is 1. The van der Waals surface area contributed by atoms with Crippen LogP contribution >= 0.6 is 0 Å². The zero-order chi connectivity index (χ0) is 11.8. The molecule has 0 spiro atoms. The van der Waals surface area contributed by atoms with Gasteiger partial charge in [-0.2, -0.15) is 0 Å². The van der Waals surface area contributed by atoms with E-state index >= 15 is 0 Å². The Morgan fingerprint density at radius 3 is 3.06 bits per heavy atom. The monoisotopic (exact) mass is 230 g/mol. The van der Waals surface area contributed by atoms with Crippen LogP contribution in [-0.4, -0.2) is 22.5 Å². The number of carbonyl (C=O) groups excluding carboxylic acids is 1. The molecule has 0 unspecified atom stereocenters. The van der Waals surface area contributed by atoms with Crippen LogP contribution in [0.4, 0.5) is 4.79 Å². The van der Waals surface area contributed by atoms with Crippen molar-refractivity contribution in [1.82, 2.24) is 9.88 Å². The standard InChI is InChI=1S/C12H12N3O2/c13-12(16)15-7-3-5-9(15)11-14-8-4-1-2-6-10(8)17-11/h1-4,6,9H,5,7H2,(H2,13,16)/t9-/m0/s1. The molecule has 1 atom stereocenters. The van der Waals surface area contributed by atoms with Gasteiger partial charge in [0.05, 0.1) is 0 Å². The second-order valence-corrected chi connectivity index (χ2v) is 4.05. The van der Waals surface area contributed by atoms with Crippen LogP contribution in [0.3, 0.4) is 0 Å². The summed E-state index contributed by atoms with van der Waals surface area (Å²) in [5.41, 5.74) is 6.86. The second-order valence-electron chi connectivity index (χ2n) is 4.05. The van der Waals surface area contributed by atoms with Crippen molar-refractivity contribution in [1.29, 1.82) is 0 Å². The molecule has 5 nitrogen and oxygen atoms in total. The highest BCUT2D eigenvalue weighted by Crippen LogP contribution is 2.32. The SMILES string of the molecule is NC(=O)N1C[CH]C[C@H]1c1nc2ccccc2o1. The van der Waals surface area contributed by atoms with Crippen LogP contribution in [0.5, 0.6) is 0 Å². The third kappa shape index (κ3) is 1.63. The summed E-state index contributed by atoms with van der Waals surface area (Å²) >= 11 is 0. The number of oxazole rings is 1. The summed E-state index contributed by atoms with van der Waals surface area (Å²) in [5.74, 6) is 0.554. The number of nitrogens with zero attached hydrogens (tertiary/aromatic N) is 2. The van der Waals surface area contributed by atoms with Gasteiger partial charge in [-0.1, -0.05) is 12.1 Å². The molecular formula is C12H12N3O2. The van der Waals surface area contributed by atoms with Gasteiger partial charge in [0.1, 0.15) is 11.6 Å².